The van der Waals surface area contributed by atoms with Crippen LogP contribution in [0.2, 0.25) is 0 Å². The van der Waals surface area contributed by atoms with E-state index < -0.39 is 0 Å². The highest BCUT2D eigenvalue weighted by atomic mass is 79.9. The summed E-state index contributed by atoms with van der Waals surface area (Å²) in [5, 5.41) is 7.18. The van der Waals surface area contributed by atoms with Crippen molar-refractivity contribution in [3.8, 4) is 5.69 Å². The highest BCUT2D eigenvalue weighted by molar-refractivity contribution is 9.10. The van der Waals surface area contributed by atoms with Crippen LogP contribution in [0.1, 0.15) is 42.9 Å². The number of halogens is 1. The predicted molar refractivity (Wildman–Crippen MR) is 156 cm³/mol. The van der Waals surface area contributed by atoms with Gasteiger partial charge in [-0.2, -0.15) is 0 Å². The molecule has 37 heavy (non-hydrogen) atoms. The first-order valence-corrected chi connectivity index (χ1v) is 13.4. The zero-order chi connectivity index (χ0) is 26.1. The smallest absolute Gasteiger partial charge is 0.226 e. The fourth-order valence-corrected chi connectivity index (χ4v) is 5.23. The van der Waals surface area contributed by atoms with E-state index in [-0.39, 0.29) is 23.9 Å². The van der Waals surface area contributed by atoms with E-state index in [1.807, 2.05) is 69.4 Å². The van der Waals surface area contributed by atoms with Crippen LogP contribution in [0.25, 0.3) is 5.69 Å². The second-order valence-corrected chi connectivity index (χ2v) is 10.7. The maximum absolute atomic E-state index is 12.3. The van der Waals surface area contributed by atoms with E-state index in [1.165, 1.54) is 0 Å². The zero-order valence-corrected chi connectivity index (χ0v) is 23.3. The average molecular weight is 575 g/mol. The summed E-state index contributed by atoms with van der Waals surface area (Å²) in [5.41, 5.74) is 5.78. The Labute approximate surface area is 230 Å². The minimum Gasteiger partial charge on any atom is -0.351 e. The van der Waals surface area contributed by atoms with Crippen molar-refractivity contribution in [3.05, 3.63) is 107 Å². The Hall–Kier alpha value is -3.49. The Balaban J connectivity index is 1.59. The molecule has 1 fully saturated rings. The average Bonchev–Trinajstić information content (AvgIpc) is 3.50. The summed E-state index contributed by atoms with van der Waals surface area (Å²) >= 11 is 9.45. The molecule has 188 valence electrons. The second-order valence-electron chi connectivity index (χ2n) is 9.42. The summed E-state index contributed by atoms with van der Waals surface area (Å²) in [5.74, 6) is -0.0982. The van der Waals surface area contributed by atoms with Crippen molar-refractivity contribution in [1.82, 2.24) is 14.9 Å². The van der Waals surface area contributed by atoms with Crippen molar-refractivity contribution in [2.75, 3.05) is 10.2 Å². The van der Waals surface area contributed by atoms with Gasteiger partial charge in [-0.3, -0.25) is 9.78 Å². The standard InChI is InChI=1S/C29H28BrN5OS/c1-18(2)28(36)32-23-14-13-22(17-19(23)3)35-27(26(33-29(35)37)24-7-4-5-15-31-24)25-8-6-16-34(25)21-11-9-20(30)10-12-21/h4-18,26-27H,1-3H3,(H,32,36)(H,33,37). The van der Waals surface area contributed by atoms with E-state index in [1.54, 1.807) is 0 Å². The Morgan fingerprint density at radius 2 is 1.81 bits per heavy atom. The van der Waals surface area contributed by atoms with Gasteiger partial charge in [0, 0.05) is 45.5 Å². The number of aryl methyl sites for hydroxylation is 1. The SMILES string of the molecule is Cc1cc(N2C(=S)NC(c3ccccn3)C2c2cccn2-c2ccc(Br)cc2)ccc1NC(=O)C(C)C. The summed E-state index contributed by atoms with van der Waals surface area (Å²) in [6, 6.07) is 24.1. The summed E-state index contributed by atoms with van der Waals surface area (Å²) in [6.07, 6.45) is 3.88. The van der Waals surface area contributed by atoms with Gasteiger partial charge < -0.3 is 20.1 Å². The van der Waals surface area contributed by atoms with Crippen LogP contribution in [0, 0.1) is 12.8 Å². The van der Waals surface area contributed by atoms with Gasteiger partial charge in [0.2, 0.25) is 5.91 Å². The molecule has 1 saturated heterocycles. The highest BCUT2D eigenvalue weighted by Gasteiger charge is 2.42. The number of hydrogen-bond donors (Lipinski definition) is 2. The molecule has 0 saturated carbocycles. The van der Waals surface area contributed by atoms with Crippen LogP contribution in [0.5, 0.6) is 0 Å². The number of anilines is 2. The van der Waals surface area contributed by atoms with Crippen molar-refractivity contribution in [3.63, 3.8) is 0 Å². The lowest BCUT2D eigenvalue weighted by Crippen LogP contribution is -2.30. The van der Waals surface area contributed by atoms with Crippen LogP contribution < -0.4 is 15.5 Å². The quantitative estimate of drug-likeness (QED) is 0.251. The lowest BCUT2D eigenvalue weighted by atomic mass is 10.00. The molecule has 2 atom stereocenters. The molecule has 2 N–H and O–H groups in total. The third-order valence-electron chi connectivity index (χ3n) is 6.56. The van der Waals surface area contributed by atoms with Gasteiger partial charge in [-0.05, 0) is 91.4 Å². The molecule has 8 heteroatoms. The van der Waals surface area contributed by atoms with Gasteiger partial charge in [-0.1, -0.05) is 35.8 Å². The molecule has 5 rings (SSSR count). The number of aromatic nitrogens is 2. The van der Waals surface area contributed by atoms with Gasteiger partial charge in [0.05, 0.1) is 11.7 Å². The summed E-state index contributed by atoms with van der Waals surface area (Å²) in [6.45, 7) is 5.77. The number of pyridine rings is 1. The van der Waals surface area contributed by atoms with Gasteiger partial charge in [0.15, 0.2) is 5.11 Å². The van der Waals surface area contributed by atoms with Crippen molar-refractivity contribution in [1.29, 1.82) is 0 Å². The molecule has 1 aliphatic rings. The van der Waals surface area contributed by atoms with Gasteiger partial charge in [-0.15, -0.1) is 0 Å². The molecule has 4 aromatic rings. The normalized spacial score (nSPS) is 17.2. The van der Waals surface area contributed by atoms with Crippen LogP contribution in [-0.2, 0) is 4.79 Å². The highest BCUT2D eigenvalue weighted by Crippen LogP contribution is 2.43. The molecule has 0 radical (unpaired) electrons. The molecule has 0 bridgehead atoms. The number of hydrogen-bond acceptors (Lipinski definition) is 3. The number of nitrogens with one attached hydrogen (secondary N) is 2. The number of thiocarbonyl (C=S) groups is 1. The third kappa shape index (κ3) is 5.04. The van der Waals surface area contributed by atoms with Crippen LogP contribution in [-0.4, -0.2) is 20.6 Å². The molecule has 0 spiro atoms. The van der Waals surface area contributed by atoms with Crippen molar-refractivity contribution in [2.45, 2.75) is 32.9 Å². The number of rotatable bonds is 6. The lowest BCUT2D eigenvalue weighted by Gasteiger charge is -2.29. The van der Waals surface area contributed by atoms with E-state index >= 15 is 0 Å². The molecular weight excluding hydrogens is 546 g/mol. The molecule has 6 nitrogen and oxygen atoms in total. The first-order chi connectivity index (χ1) is 17.8. The summed E-state index contributed by atoms with van der Waals surface area (Å²) < 4.78 is 3.22. The Bertz CT molecular complexity index is 1430. The molecule has 1 aliphatic heterocycles. The van der Waals surface area contributed by atoms with Crippen LogP contribution in [0.15, 0.2) is 89.7 Å². The fourth-order valence-electron chi connectivity index (χ4n) is 4.62. The van der Waals surface area contributed by atoms with Gasteiger partial charge in [-0.25, -0.2) is 0 Å². The van der Waals surface area contributed by atoms with E-state index in [9.17, 15) is 4.79 Å². The molecule has 3 heterocycles. The molecular formula is C29H28BrN5OS. The first kappa shape index (κ1) is 25.2. The van der Waals surface area contributed by atoms with Crippen molar-refractivity contribution < 1.29 is 4.79 Å². The number of carbonyl (C=O) groups is 1. The fraction of sp³-hybridized carbons (Fsp3) is 0.207. The van der Waals surface area contributed by atoms with Crippen molar-refractivity contribution in [2.24, 2.45) is 5.92 Å². The molecule has 2 unspecified atom stereocenters. The van der Waals surface area contributed by atoms with Crippen molar-refractivity contribution >= 4 is 50.5 Å². The zero-order valence-electron chi connectivity index (χ0n) is 20.9. The van der Waals surface area contributed by atoms with E-state index in [4.69, 9.17) is 12.2 Å². The lowest BCUT2D eigenvalue weighted by molar-refractivity contribution is -0.118. The van der Waals surface area contributed by atoms with Gasteiger partial charge in [0.1, 0.15) is 6.04 Å². The maximum Gasteiger partial charge on any atom is 0.226 e. The van der Waals surface area contributed by atoms with Gasteiger partial charge >= 0.3 is 0 Å². The second kappa shape index (κ2) is 10.5. The van der Waals surface area contributed by atoms with E-state index in [2.05, 4.69) is 77.5 Å². The number of benzene rings is 2. The summed E-state index contributed by atoms with van der Waals surface area (Å²) in [7, 11) is 0. The minimum absolute atomic E-state index is 0.00497. The predicted octanol–water partition coefficient (Wildman–Crippen LogP) is 6.71. The minimum atomic E-state index is -0.156. The largest absolute Gasteiger partial charge is 0.351 e. The number of amides is 1. The first-order valence-electron chi connectivity index (χ1n) is 12.2. The molecule has 1 amide bonds. The number of carbonyl (C=O) groups excluding carboxylic acids is 1. The third-order valence-corrected chi connectivity index (χ3v) is 7.40. The van der Waals surface area contributed by atoms with Crippen LogP contribution >= 0.6 is 28.1 Å². The molecule has 0 aliphatic carbocycles. The number of nitrogens with zero attached hydrogens (tertiary/aromatic N) is 3. The molecule has 2 aromatic heterocycles. The Morgan fingerprint density at radius 1 is 1.05 bits per heavy atom. The van der Waals surface area contributed by atoms with Crippen LogP contribution in [0.3, 0.4) is 0 Å². The topological polar surface area (TPSA) is 62.2 Å². The molecule has 2 aromatic carbocycles. The summed E-state index contributed by atoms with van der Waals surface area (Å²) in [4.78, 5) is 19.1. The monoisotopic (exact) mass is 573 g/mol. The Morgan fingerprint density at radius 3 is 2.49 bits per heavy atom. The van der Waals surface area contributed by atoms with E-state index in [0.29, 0.717) is 5.11 Å². The van der Waals surface area contributed by atoms with Crippen LogP contribution in [0.4, 0.5) is 11.4 Å². The maximum atomic E-state index is 12.3. The van der Waals surface area contributed by atoms with E-state index in [0.717, 1.165) is 38.5 Å². The van der Waals surface area contributed by atoms with Gasteiger partial charge in [0.25, 0.3) is 0 Å². The Kier molecular flexibility index (Phi) is 7.13.